The van der Waals surface area contributed by atoms with Gasteiger partial charge in [0.2, 0.25) is 0 Å². The van der Waals surface area contributed by atoms with E-state index in [1.165, 1.54) is 37.9 Å². The second kappa shape index (κ2) is 6.10. The van der Waals surface area contributed by atoms with Crippen molar-refractivity contribution in [2.75, 3.05) is 27.3 Å². The Kier molecular flexibility index (Phi) is 4.48. The minimum atomic E-state index is 0.897. The van der Waals surface area contributed by atoms with E-state index in [9.17, 15) is 0 Å². The maximum Gasteiger partial charge on any atom is 0.129 e. The van der Waals surface area contributed by atoms with Gasteiger partial charge in [-0.15, -0.1) is 0 Å². The predicted molar refractivity (Wildman–Crippen MR) is 73.4 cm³/mol. The van der Waals surface area contributed by atoms with Crippen LogP contribution in [0.1, 0.15) is 30.4 Å². The molecule has 1 aromatic rings. The summed E-state index contributed by atoms with van der Waals surface area (Å²) in [5.74, 6) is 1.87. The minimum Gasteiger partial charge on any atom is -0.496 e. The molecule has 1 aliphatic heterocycles. The smallest absolute Gasteiger partial charge is 0.129 e. The molecule has 1 saturated heterocycles. The minimum absolute atomic E-state index is 0.897. The molecule has 0 saturated carbocycles. The Morgan fingerprint density at radius 1 is 1.06 bits per heavy atom. The molecule has 1 heterocycles. The summed E-state index contributed by atoms with van der Waals surface area (Å²) in [6.07, 6.45) is 4.00. The van der Waals surface area contributed by atoms with Gasteiger partial charge in [-0.2, -0.15) is 0 Å². The van der Waals surface area contributed by atoms with Gasteiger partial charge in [0.1, 0.15) is 11.5 Å². The summed E-state index contributed by atoms with van der Waals surface area (Å²) >= 11 is 0. The lowest BCUT2D eigenvalue weighted by Gasteiger charge is -2.27. The Balaban J connectivity index is 2.18. The van der Waals surface area contributed by atoms with Crippen LogP contribution in [0.15, 0.2) is 12.1 Å². The van der Waals surface area contributed by atoms with E-state index in [4.69, 9.17) is 9.47 Å². The monoisotopic (exact) mass is 249 g/mol. The highest BCUT2D eigenvalue weighted by Gasteiger charge is 2.15. The molecule has 0 radical (unpaired) electrons. The van der Waals surface area contributed by atoms with Crippen molar-refractivity contribution in [3.8, 4) is 11.5 Å². The largest absolute Gasteiger partial charge is 0.496 e. The Bertz CT molecular complexity index is 398. The molecule has 1 aliphatic rings. The number of benzene rings is 1. The normalized spacial score (nSPS) is 16.6. The summed E-state index contributed by atoms with van der Waals surface area (Å²) in [6, 6.07) is 4.16. The Morgan fingerprint density at radius 2 is 1.78 bits per heavy atom. The summed E-state index contributed by atoms with van der Waals surface area (Å²) in [7, 11) is 3.44. The van der Waals surface area contributed by atoms with Gasteiger partial charge in [0, 0.05) is 17.7 Å². The predicted octanol–water partition coefficient (Wildman–Crippen LogP) is 3.00. The van der Waals surface area contributed by atoms with E-state index in [2.05, 4.69) is 17.9 Å². The van der Waals surface area contributed by atoms with Gasteiger partial charge in [0.15, 0.2) is 0 Å². The van der Waals surface area contributed by atoms with Crippen molar-refractivity contribution in [2.24, 2.45) is 0 Å². The number of piperidine rings is 1. The highest BCUT2D eigenvalue weighted by Crippen LogP contribution is 2.32. The third-order valence-corrected chi connectivity index (χ3v) is 3.70. The van der Waals surface area contributed by atoms with Crippen molar-refractivity contribution in [1.29, 1.82) is 0 Å². The number of hydrogen-bond donors (Lipinski definition) is 0. The van der Waals surface area contributed by atoms with Gasteiger partial charge in [0.05, 0.1) is 14.2 Å². The van der Waals surface area contributed by atoms with Crippen LogP contribution in [-0.4, -0.2) is 32.2 Å². The fourth-order valence-corrected chi connectivity index (χ4v) is 2.72. The molecule has 1 aromatic carbocycles. The average Bonchev–Trinajstić information content (AvgIpc) is 2.40. The van der Waals surface area contributed by atoms with Crippen LogP contribution in [0.25, 0.3) is 0 Å². The molecule has 2 rings (SSSR count). The van der Waals surface area contributed by atoms with Gasteiger partial charge in [-0.3, -0.25) is 4.90 Å². The molecular formula is C15H23NO2. The first-order valence-corrected chi connectivity index (χ1v) is 6.69. The molecule has 100 valence electrons. The van der Waals surface area contributed by atoms with E-state index in [1.807, 2.05) is 6.07 Å². The second-order valence-corrected chi connectivity index (χ2v) is 4.92. The quantitative estimate of drug-likeness (QED) is 0.819. The SMILES string of the molecule is COc1ccc(CN2CCCCC2)c(OC)c1C. The Labute approximate surface area is 110 Å². The lowest BCUT2D eigenvalue weighted by Crippen LogP contribution is -2.29. The van der Waals surface area contributed by atoms with E-state index >= 15 is 0 Å². The van der Waals surface area contributed by atoms with Crippen LogP contribution in [0, 0.1) is 6.92 Å². The van der Waals surface area contributed by atoms with Crippen molar-refractivity contribution in [2.45, 2.75) is 32.7 Å². The fraction of sp³-hybridized carbons (Fsp3) is 0.600. The topological polar surface area (TPSA) is 21.7 Å². The standard InChI is InChI=1S/C15H23NO2/c1-12-14(17-2)8-7-13(15(12)18-3)11-16-9-5-4-6-10-16/h7-8H,4-6,9-11H2,1-3H3. The number of ether oxygens (including phenoxy) is 2. The molecule has 3 nitrogen and oxygen atoms in total. The molecule has 0 spiro atoms. The zero-order valence-corrected chi connectivity index (χ0v) is 11.7. The van der Waals surface area contributed by atoms with Crippen molar-refractivity contribution in [3.05, 3.63) is 23.3 Å². The van der Waals surface area contributed by atoms with Crippen molar-refractivity contribution in [1.82, 2.24) is 4.90 Å². The third-order valence-electron chi connectivity index (χ3n) is 3.70. The van der Waals surface area contributed by atoms with E-state index < -0.39 is 0 Å². The van der Waals surface area contributed by atoms with Gasteiger partial charge in [0.25, 0.3) is 0 Å². The number of likely N-dealkylation sites (tertiary alicyclic amines) is 1. The number of methoxy groups -OCH3 is 2. The molecule has 18 heavy (non-hydrogen) atoms. The van der Waals surface area contributed by atoms with Gasteiger partial charge in [-0.1, -0.05) is 12.5 Å². The maximum atomic E-state index is 5.55. The zero-order chi connectivity index (χ0) is 13.0. The Hall–Kier alpha value is -1.22. The molecule has 3 heteroatoms. The highest BCUT2D eigenvalue weighted by molar-refractivity contribution is 5.49. The molecular weight excluding hydrogens is 226 g/mol. The van der Waals surface area contributed by atoms with Crippen LogP contribution in [0.2, 0.25) is 0 Å². The molecule has 0 amide bonds. The summed E-state index contributed by atoms with van der Waals surface area (Å²) in [5.41, 5.74) is 2.35. The lowest BCUT2D eigenvalue weighted by molar-refractivity contribution is 0.218. The third kappa shape index (κ3) is 2.78. The van der Waals surface area contributed by atoms with Crippen LogP contribution >= 0.6 is 0 Å². The summed E-state index contributed by atoms with van der Waals surface area (Å²) in [6.45, 7) is 5.44. The summed E-state index contributed by atoms with van der Waals surface area (Å²) in [4.78, 5) is 2.51. The van der Waals surface area contributed by atoms with Crippen LogP contribution in [0.5, 0.6) is 11.5 Å². The average molecular weight is 249 g/mol. The first-order valence-electron chi connectivity index (χ1n) is 6.69. The van der Waals surface area contributed by atoms with E-state index in [0.717, 1.165) is 23.6 Å². The number of hydrogen-bond acceptors (Lipinski definition) is 3. The highest BCUT2D eigenvalue weighted by atomic mass is 16.5. The van der Waals surface area contributed by atoms with E-state index in [1.54, 1.807) is 14.2 Å². The fourth-order valence-electron chi connectivity index (χ4n) is 2.72. The van der Waals surface area contributed by atoms with Gasteiger partial charge < -0.3 is 9.47 Å². The number of rotatable bonds is 4. The summed E-state index contributed by atoms with van der Waals surface area (Å²) < 4.78 is 10.9. The zero-order valence-electron chi connectivity index (χ0n) is 11.7. The molecule has 0 bridgehead atoms. The molecule has 0 aromatic heterocycles. The van der Waals surface area contributed by atoms with Crippen LogP contribution in [0.3, 0.4) is 0 Å². The molecule has 1 fully saturated rings. The summed E-state index contributed by atoms with van der Waals surface area (Å²) in [5, 5.41) is 0. The van der Waals surface area contributed by atoms with Crippen molar-refractivity contribution in [3.63, 3.8) is 0 Å². The molecule has 0 atom stereocenters. The van der Waals surface area contributed by atoms with Gasteiger partial charge in [-0.05, 0) is 38.9 Å². The molecule has 0 N–H and O–H groups in total. The van der Waals surface area contributed by atoms with E-state index in [0.29, 0.717) is 0 Å². The molecule has 0 unspecified atom stereocenters. The van der Waals surface area contributed by atoms with E-state index in [-0.39, 0.29) is 0 Å². The van der Waals surface area contributed by atoms with Crippen molar-refractivity contribution < 1.29 is 9.47 Å². The first-order chi connectivity index (χ1) is 8.76. The number of nitrogens with zero attached hydrogens (tertiary/aromatic N) is 1. The van der Waals surface area contributed by atoms with Crippen LogP contribution in [0.4, 0.5) is 0 Å². The van der Waals surface area contributed by atoms with Gasteiger partial charge >= 0.3 is 0 Å². The Morgan fingerprint density at radius 3 is 2.39 bits per heavy atom. The second-order valence-electron chi connectivity index (χ2n) is 4.92. The van der Waals surface area contributed by atoms with Crippen molar-refractivity contribution >= 4 is 0 Å². The maximum absolute atomic E-state index is 5.55. The van der Waals surface area contributed by atoms with Gasteiger partial charge in [-0.25, -0.2) is 0 Å². The lowest BCUT2D eigenvalue weighted by atomic mass is 10.1. The molecule has 0 aliphatic carbocycles. The van der Waals surface area contributed by atoms with Crippen LogP contribution in [-0.2, 0) is 6.54 Å². The van der Waals surface area contributed by atoms with Crippen LogP contribution < -0.4 is 9.47 Å². The first kappa shape index (κ1) is 13.2.